The molecule has 1 aliphatic rings. The SMILES string of the molecule is CCN(C(=O)CNC1(C(=O)O)CCC1)c1ccccc1C. The molecule has 21 heavy (non-hydrogen) atoms. The number of para-hydroxylation sites is 1. The number of anilines is 1. The van der Waals surface area contributed by atoms with Crippen molar-refractivity contribution in [3.05, 3.63) is 29.8 Å². The Labute approximate surface area is 125 Å². The number of amides is 1. The highest BCUT2D eigenvalue weighted by Crippen LogP contribution is 2.32. The van der Waals surface area contributed by atoms with Crippen LogP contribution in [0.15, 0.2) is 24.3 Å². The second-order valence-corrected chi connectivity index (χ2v) is 5.52. The first kappa shape index (κ1) is 15.5. The molecule has 0 unspecified atom stereocenters. The van der Waals surface area contributed by atoms with Crippen molar-refractivity contribution in [3.8, 4) is 0 Å². The number of aryl methyl sites for hydroxylation is 1. The summed E-state index contributed by atoms with van der Waals surface area (Å²) in [6, 6.07) is 7.70. The van der Waals surface area contributed by atoms with Crippen molar-refractivity contribution in [2.24, 2.45) is 0 Å². The second kappa shape index (κ2) is 6.26. The summed E-state index contributed by atoms with van der Waals surface area (Å²) in [4.78, 5) is 25.4. The molecule has 0 radical (unpaired) electrons. The van der Waals surface area contributed by atoms with Gasteiger partial charge in [0.05, 0.1) is 6.54 Å². The summed E-state index contributed by atoms with van der Waals surface area (Å²) in [5.74, 6) is -0.959. The van der Waals surface area contributed by atoms with E-state index in [9.17, 15) is 14.7 Å². The summed E-state index contributed by atoms with van der Waals surface area (Å²) < 4.78 is 0. The van der Waals surface area contributed by atoms with E-state index in [0.717, 1.165) is 17.7 Å². The standard InChI is InChI=1S/C16H22N2O3/c1-3-18(13-8-5-4-7-12(13)2)14(19)11-17-16(15(20)21)9-6-10-16/h4-5,7-8,17H,3,6,9-11H2,1-2H3,(H,20,21). The largest absolute Gasteiger partial charge is 0.480 e. The number of nitrogens with one attached hydrogen (secondary N) is 1. The van der Waals surface area contributed by atoms with Crippen LogP contribution in [0.2, 0.25) is 0 Å². The van der Waals surface area contributed by atoms with Crippen LogP contribution < -0.4 is 10.2 Å². The highest BCUT2D eigenvalue weighted by Gasteiger charge is 2.44. The third-order valence-corrected chi connectivity index (χ3v) is 4.22. The first-order chi connectivity index (χ1) is 10.00. The number of likely N-dealkylation sites (N-methyl/N-ethyl adjacent to an activating group) is 1. The van der Waals surface area contributed by atoms with Crippen LogP contribution in [0, 0.1) is 6.92 Å². The van der Waals surface area contributed by atoms with Gasteiger partial charge in [0, 0.05) is 12.2 Å². The van der Waals surface area contributed by atoms with Gasteiger partial charge in [-0.3, -0.25) is 14.9 Å². The van der Waals surface area contributed by atoms with E-state index in [1.165, 1.54) is 0 Å². The van der Waals surface area contributed by atoms with E-state index in [2.05, 4.69) is 5.32 Å². The first-order valence-electron chi connectivity index (χ1n) is 7.34. The van der Waals surface area contributed by atoms with Crippen LogP contribution >= 0.6 is 0 Å². The van der Waals surface area contributed by atoms with E-state index in [0.29, 0.717) is 19.4 Å². The monoisotopic (exact) mass is 290 g/mol. The van der Waals surface area contributed by atoms with Crippen molar-refractivity contribution in [2.75, 3.05) is 18.0 Å². The molecule has 1 amide bonds. The number of benzene rings is 1. The maximum Gasteiger partial charge on any atom is 0.323 e. The Balaban J connectivity index is 2.05. The van der Waals surface area contributed by atoms with Gasteiger partial charge in [-0.05, 0) is 44.7 Å². The molecule has 2 rings (SSSR count). The van der Waals surface area contributed by atoms with Gasteiger partial charge < -0.3 is 10.0 Å². The average Bonchev–Trinajstić information content (AvgIpc) is 2.40. The molecule has 0 saturated heterocycles. The van der Waals surface area contributed by atoms with E-state index < -0.39 is 11.5 Å². The topological polar surface area (TPSA) is 69.6 Å². The number of aliphatic carboxylic acids is 1. The molecular formula is C16H22N2O3. The summed E-state index contributed by atoms with van der Waals surface area (Å²) in [5, 5.41) is 12.2. The molecule has 1 fully saturated rings. The molecule has 5 heteroatoms. The highest BCUT2D eigenvalue weighted by atomic mass is 16.4. The molecule has 0 bridgehead atoms. The molecule has 0 aliphatic heterocycles. The fourth-order valence-electron chi connectivity index (χ4n) is 2.68. The maximum atomic E-state index is 12.4. The van der Waals surface area contributed by atoms with E-state index in [4.69, 9.17) is 0 Å². The lowest BCUT2D eigenvalue weighted by Gasteiger charge is -2.38. The van der Waals surface area contributed by atoms with Crippen LogP contribution in [0.1, 0.15) is 31.7 Å². The molecule has 0 aromatic heterocycles. The number of hydrogen-bond donors (Lipinski definition) is 2. The van der Waals surface area contributed by atoms with Crippen molar-refractivity contribution in [2.45, 2.75) is 38.6 Å². The maximum absolute atomic E-state index is 12.4. The third-order valence-electron chi connectivity index (χ3n) is 4.22. The Bertz CT molecular complexity index is 538. The van der Waals surface area contributed by atoms with Gasteiger partial charge in [0.2, 0.25) is 5.91 Å². The van der Waals surface area contributed by atoms with Gasteiger partial charge in [-0.1, -0.05) is 18.2 Å². The van der Waals surface area contributed by atoms with Crippen LogP contribution in [0.5, 0.6) is 0 Å². The molecule has 1 aliphatic carbocycles. The average molecular weight is 290 g/mol. The van der Waals surface area contributed by atoms with E-state index in [1.807, 2.05) is 38.1 Å². The summed E-state index contributed by atoms with van der Waals surface area (Å²) >= 11 is 0. The van der Waals surface area contributed by atoms with Crippen molar-refractivity contribution in [3.63, 3.8) is 0 Å². The fourth-order valence-corrected chi connectivity index (χ4v) is 2.68. The number of carboxylic acid groups (broad SMARTS) is 1. The van der Waals surface area contributed by atoms with Gasteiger partial charge in [0.25, 0.3) is 0 Å². The number of carbonyl (C=O) groups excluding carboxylic acids is 1. The number of hydrogen-bond acceptors (Lipinski definition) is 3. The number of carboxylic acids is 1. The zero-order chi connectivity index (χ0) is 15.5. The molecule has 2 N–H and O–H groups in total. The van der Waals surface area contributed by atoms with Gasteiger partial charge in [-0.25, -0.2) is 0 Å². The smallest absolute Gasteiger partial charge is 0.323 e. The molecular weight excluding hydrogens is 268 g/mol. The van der Waals surface area contributed by atoms with Crippen molar-refractivity contribution in [1.29, 1.82) is 0 Å². The van der Waals surface area contributed by atoms with Crippen LogP contribution in [0.3, 0.4) is 0 Å². The lowest BCUT2D eigenvalue weighted by atomic mass is 9.77. The van der Waals surface area contributed by atoms with E-state index in [1.54, 1.807) is 4.90 Å². The Kier molecular flexibility index (Phi) is 4.63. The molecule has 1 saturated carbocycles. The summed E-state index contributed by atoms with van der Waals surface area (Å²) in [6.45, 7) is 4.49. The van der Waals surface area contributed by atoms with Crippen LogP contribution in [-0.4, -0.2) is 35.6 Å². The minimum Gasteiger partial charge on any atom is -0.480 e. The van der Waals surface area contributed by atoms with Gasteiger partial charge in [0.15, 0.2) is 0 Å². The van der Waals surface area contributed by atoms with Crippen LogP contribution in [0.4, 0.5) is 5.69 Å². The molecule has 114 valence electrons. The number of rotatable bonds is 6. The predicted molar refractivity (Wildman–Crippen MR) is 81.4 cm³/mol. The van der Waals surface area contributed by atoms with E-state index >= 15 is 0 Å². The zero-order valence-corrected chi connectivity index (χ0v) is 12.6. The molecule has 0 atom stereocenters. The van der Waals surface area contributed by atoms with Gasteiger partial charge in [-0.2, -0.15) is 0 Å². The Morgan fingerprint density at radius 2 is 2.00 bits per heavy atom. The number of carbonyl (C=O) groups is 2. The number of nitrogens with zero attached hydrogens (tertiary/aromatic N) is 1. The van der Waals surface area contributed by atoms with E-state index in [-0.39, 0.29) is 12.5 Å². The third kappa shape index (κ3) is 3.08. The summed E-state index contributed by atoms with van der Waals surface area (Å²) in [7, 11) is 0. The van der Waals surface area contributed by atoms with Gasteiger partial charge in [-0.15, -0.1) is 0 Å². The van der Waals surface area contributed by atoms with Gasteiger partial charge in [0.1, 0.15) is 5.54 Å². The Morgan fingerprint density at radius 1 is 1.33 bits per heavy atom. The predicted octanol–water partition coefficient (Wildman–Crippen LogP) is 1.94. The van der Waals surface area contributed by atoms with Crippen molar-refractivity contribution < 1.29 is 14.7 Å². The zero-order valence-electron chi connectivity index (χ0n) is 12.6. The lowest BCUT2D eigenvalue weighted by Crippen LogP contribution is -2.59. The fraction of sp³-hybridized carbons (Fsp3) is 0.500. The molecule has 0 heterocycles. The minimum absolute atomic E-state index is 0.0501. The molecule has 5 nitrogen and oxygen atoms in total. The van der Waals surface area contributed by atoms with Crippen molar-refractivity contribution in [1.82, 2.24) is 5.32 Å². The Morgan fingerprint density at radius 3 is 2.48 bits per heavy atom. The normalized spacial score (nSPS) is 16.1. The van der Waals surface area contributed by atoms with Crippen LogP contribution in [0.25, 0.3) is 0 Å². The Hall–Kier alpha value is -1.88. The van der Waals surface area contributed by atoms with Gasteiger partial charge >= 0.3 is 5.97 Å². The second-order valence-electron chi connectivity index (χ2n) is 5.52. The quantitative estimate of drug-likeness (QED) is 0.840. The van der Waals surface area contributed by atoms with Crippen molar-refractivity contribution >= 4 is 17.6 Å². The molecule has 0 spiro atoms. The summed E-state index contributed by atoms with van der Waals surface area (Å²) in [5.41, 5.74) is 1.01. The highest BCUT2D eigenvalue weighted by molar-refractivity contribution is 5.96. The minimum atomic E-state index is -0.902. The molecule has 1 aromatic carbocycles. The molecule has 1 aromatic rings. The van der Waals surface area contributed by atoms with Crippen LogP contribution in [-0.2, 0) is 9.59 Å². The first-order valence-corrected chi connectivity index (χ1v) is 7.34. The lowest BCUT2D eigenvalue weighted by molar-refractivity contribution is -0.148. The summed E-state index contributed by atoms with van der Waals surface area (Å²) in [6.07, 6.45) is 2.07.